The van der Waals surface area contributed by atoms with E-state index in [0.29, 0.717) is 5.56 Å². The number of benzene rings is 1. The number of rotatable bonds is 6. The van der Waals surface area contributed by atoms with Gasteiger partial charge < -0.3 is 15.0 Å². The number of carbonyl (C=O) groups excluding carboxylic acids is 1. The fourth-order valence-electron chi connectivity index (χ4n) is 2.55. The molecule has 1 aromatic carbocycles. The zero-order valence-corrected chi connectivity index (χ0v) is 14.9. The van der Waals surface area contributed by atoms with Crippen molar-refractivity contribution in [3.05, 3.63) is 29.8 Å². The molecular weight excluding hydrogens is 330 g/mol. The quantitative estimate of drug-likeness (QED) is 0.725. The molecule has 0 radical (unpaired) electrons. The van der Waals surface area contributed by atoms with Crippen molar-refractivity contribution >= 4 is 22.0 Å². The normalized spacial score (nSPS) is 18.0. The molecule has 0 bridgehead atoms. The Hall–Kier alpha value is -1.90. The first kappa shape index (κ1) is 18.4. The molecule has 0 saturated carbocycles. The zero-order valence-electron chi connectivity index (χ0n) is 14.1. The van der Waals surface area contributed by atoms with Gasteiger partial charge in [-0.3, -0.25) is 4.79 Å². The maximum Gasteiger partial charge on any atom is 0.246 e. The van der Waals surface area contributed by atoms with Crippen LogP contribution < -0.4 is 14.8 Å². The van der Waals surface area contributed by atoms with E-state index in [1.807, 2.05) is 0 Å². The Bertz CT molecular complexity index is 725. The number of nitrogens with one attached hydrogen (secondary N) is 2. The lowest BCUT2D eigenvalue weighted by atomic mass is 10.2. The summed E-state index contributed by atoms with van der Waals surface area (Å²) in [5.41, 5.74) is 0.607. The van der Waals surface area contributed by atoms with Crippen molar-refractivity contribution in [1.82, 2.24) is 14.9 Å². The van der Waals surface area contributed by atoms with Crippen molar-refractivity contribution in [3.8, 4) is 5.75 Å². The Labute approximate surface area is 142 Å². The smallest absolute Gasteiger partial charge is 0.246 e. The average Bonchev–Trinajstić information content (AvgIpc) is 3.13. The summed E-state index contributed by atoms with van der Waals surface area (Å²) in [7, 11) is 0.878. The van der Waals surface area contributed by atoms with Gasteiger partial charge in [0.25, 0.3) is 0 Å². The Balaban J connectivity index is 2.20. The van der Waals surface area contributed by atoms with E-state index in [2.05, 4.69) is 10.0 Å². The molecule has 1 fully saturated rings. The van der Waals surface area contributed by atoms with Crippen LogP contribution in [-0.2, 0) is 14.8 Å². The highest BCUT2D eigenvalue weighted by atomic mass is 32.2. The molecule has 0 aliphatic carbocycles. The molecular formula is C16H23N3O4S. The van der Waals surface area contributed by atoms with Gasteiger partial charge >= 0.3 is 0 Å². The van der Waals surface area contributed by atoms with Crippen molar-refractivity contribution in [2.24, 2.45) is 0 Å². The minimum atomic E-state index is -3.64. The molecule has 2 rings (SSSR count). The fraction of sp³-hybridized carbons (Fsp3) is 0.438. The first-order chi connectivity index (χ1) is 11.4. The zero-order chi connectivity index (χ0) is 17.7. The number of hydrogen-bond acceptors (Lipinski definition) is 5. The Morgan fingerprint density at radius 3 is 2.79 bits per heavy atom. The second-order valence-electron chi connectivity index (χ2n) is 5.55. The number of likely N-dealkylation sites (N-methyl/N-ethyl adjacent to an activating group) is 1. The van der Waals surface area contributed by atoms with Crippen molar-refractivity contribution in [3.63, 3.8) is 0 Å². The summed E-state index contributed by atoms with van der Waals surface area (Å²) in [6.07, 6.45) is 3.99. The Morgan fingerprint density at radius 2 is 2.21 bits per heavy atom. The first-order valence-electron chi connectivity index (χ1n) is 7.66. The largest absolute Gasteiger partial charge is 0.495 e. The predicted molar refractivity (Wildman–Crippen MR) is 92.3 cm³/mol. The van der Waals surface area contributed by atoms with Crippen LogP contribution in [0.15, 0.2) is 29.2 Å². The summed E-state index contributed by atoms with van der Waals surface area (Å²) in [4.78, 5) is 14.0. The molecule has 24 heavy (non-hydrogen) atoms. The van der Waals surface area contributed by atoms with Gasteiger partial charge in [0.15, 0.2) is 0 Å². The lowest BCUT2D eigenvalue weighted by molar-refractivity contribution is -0.126. The van der Waals surface area contributed by atoms with E-state index in [-0.39, 0.29) is 22.6 Å². The Morgan fingerprint density at radius 1 is 1.46 bits per heavy atom. The SMILES string of the molecule is CNS(=O)(=O)c1cc(C=CC(=O)N(C)C2CCNC2)ccc1OC. The van der Waals surface area contributed by atoms with E-state index in [9.17, 15) is 13.2 Å². The van der Waals surface area contributed by atoms with Gasteiger partial charge in [-0.15, -0.1) is 0 Å². The second-order valence-corrected chi connectivity index (χ2v) is 7.40. The summed E-state index contributed by atoms with van der Waals surface area (Å²) in [6, 6.07) is 4.94. The lowest BCUT2D eigenvalue weighted by Crippen LogP contribution is -2.37. The molecule has 132 valence electrons. The molecule has 8 heteroatoms. The molecule has 1 amide bonds. The van der Waals surface area contributed by atoms with E-state index in [0.717, 1.165) is 19.5 Å². The molecule has 1 aliphatic heterocycles. The molecule has 7 nitrogen and oxygen atoms in total. The molecule has 1 heterocycles. The van der Waals surface area contributed by atoms with Crippen molar-refractivity contribution < 1.29 is 17.9 Å². The van der Waals surface area contributed by atoms with Gasteiger partial charge in [0.1, 0.15) is 10.6 Å². The summed E-state index contributed by atoms with van der Waals surface area (Å²) in [5.74, 6) is 0.138. The average molecular weight is 353 g/mol. The highest BCUT2D eigenvalue weighted by Gasteiger charge is 2.22. The number of ether oxygens (including phenoxy) is 1. The molecule has 0 spiro atoms. The van der Waals surface area contributed by atoms with Gasteiger partial charge in [-0.1, -0.05) is 6.07 Å². The summed E-state index contributed by atoms with van der Waals surface area (Å²) < 4.78 is 31.5. The number of sulfonamides is 1. The van der Waals surface area contributed by atoms with Crippen LogP contribution in [0.3, 0.4) is 0 Å². The summed E-state index contributed by atoms with van der Waals surface area (Å²) in [6.45, 7) is 1.71. The first-order valence-corrected chi connectivity index (χ1v) is 9.14. The van der Waals surface area contributed by atoms with E-state index in [4.69, 9.17) is 4.74 Å². The van der Waals surface area contributed by atoms with Crippen LogP contribution in [0.2, 0.25) is 0 Å². The maximum atomic E-state index is 12.2. The fourth-order valence-corrected chi connectivity index (χ4v) is 3.48. The van der Waals surface area contributed by atoms with E-state index in [1.165, 1.54) is 26.3 Å². The number of hydrogen-bond donors (Lipinski definition) is 2. The third-order valence-corrected chi connectivity index (χ3v) is 5.53. The molecule has 1 unspecified atom stereocenters. The molecule has 1 aliphatic rings. The highest BCUT2D eigenvalue weighted by Crippen LogP contribution is 2.25. The highest BCUT2D eigenvalue weighted by molar-refractivity contribution is 7.89. The third kappa shape index (κ3) is 4.14. The number of methoxy groups -OCH3 is 1. The van der Waals surface area contributed by atoms with Gasteiger partial charge in [-0.05, 0) is 43.8 Å². The van der Waals surface area contributed by atoms with E-state index in [1.54, 1.807) is 30.2 Å². The minimum absolute atomic E-state index is 0.0375. The van der Waals surface area contributed by atoms with Crippen LogP contribution in [-0.4, -0.2) is 59.6 Å². The van der Waals surface area contributed by atoms with E-state index >= 15 is 0 Å². The molecule has 2 N–H and O–H groups in total. The summed E-state index contributed by atoms with van der Waals surface area (Å²) in [5, 5.41) is 3.22. The number of nitrogens with zero attached hydrogens (tertiary/aromatic N) is 1. The van der Waals surface area contributed by atoms with Crippen molar-refractivity contribution in [2.75, 3.05) is 34.3 Å². The van der Waals surface area contributed by atoms with Crippen LogP contribution in [0.25, 0.3) is 6.08 Å². The van der Waals surface area contributed by atoms with Crippen LogP contribution in [0.1, 0.15) is 12.0 Å². The maximum absolute atomic E-state index is 12.2. The third-order valence-electron chi connectivity index (χ3n) is 4.09. The molecule has 1 atom stereocenters. The topological polar surface area (TPSA) is 87.7 Å². The van der Waals surface area contributed by atoms with Crippen molar-refractivity contribution in [2.45, 2.75) is 17.4 Å². The van der Waals surface area contributed by atoms with Crippen molar-refractivity contribution in [1.29, 1.82) is 0 Å². The lowest BCUT2D eigenvalue weighted by Gasteiger charge is -2.22. The van der Waals surface area contributed by atoms with Gasteiger partial charge in [-0.2, -0.15) is 0 Å². The van der Waals surface area contributed by atoms with Gasteiger partial charge in [-0.25, -0.2) is 13.1 Å². The van der Waals surface area contributed by atoms with Crippen LogP contribution in [0.4, 0.5) is 0 Å². The molecule has 1 saturated heterocycles. The standard InChI is InChI=1S/C16H23N3O4S/c1-17-24(21,22)15-10-12(4-6-14(15)23-3)5-7-16(20)19(2)13-8-9-18-11-13/h4-7,10,13,17-18H,8-9,11H2,1-3H3. The van der Waals surface area contributed by atoms with Crippen LogP contribution >= 0.6 is 0 Å². The van der Waals surface area contributed by atoms with Gasteiger partial charge in [0.2, 0.25) is 15.9 Å². The molecule has 1 aromatic rings. The van der Waals surface area contributed by atoms with Gasteiger partial charge in [0.05, 0.1) is 7.11 Å². The van der Waals surface area contributed by atoms with Crippen LogP contribution in [0.5, 0.6) is 5.75 Å². The van der Waals surface area contributed by atoms with Gasteiger partial charge in [0, 0.05) is 25.7 Å². The Kier molecular flexibility index (Phi) is 5.98. The number of amides is 1. The number of carbonyl (C=O) groups is 1. The second kappa shape index (κ2) is 7.78. The monoisotopic (exact) mass is 353 g/mol. The predicted octanol–water partition coefficient (Wildman–Crippen LogP) is 0.437. The van der Waals surface area contributed by atoms with Crippen LogP contribution in [0, 0.1) is 0 Å². The summed E-state index contributed by atoms with van der Waals surface area (Å²) >= 11 is 0. The molecule has 0 aromatic heterocycles. The minimum Gasteiger partial charge on any atom is -0.495 e. The van der Waals surface area contributed by atoms with E-state index < -0.39 is 10.0 Å².